The molecule has 0 spiro atoms. The third kappa shape index (κ3) is 7.24. The van der Waals surface area contributed by atoms with E-state index < -0.39 is 0 Å². The van der Waals surface area contributed by atoms with Gasteiger partial charge < -0.3 is 10.6 Å². The van der Waals surface area contributed by atoms with Crippen LogP contribution in [0.5, 0.6) is 0 Å². The van der Waals surface area contributed by atoms with Crippen LogP contribution in [0.2, 0.25) is 0 Å². The van der Waals surface area contributed by atoms with Crippen LogP contribution in [0.15, 0.2) is 4.99 Å². The van der Waals surface area contributed by atoms with Gasteiger partial charge in [0, 0.05) is 19.6 Å². The molecule has 2 N–H and O–H groups in total. The van der Waals surface area contributed by atoms with Crippen LogP contribution in [-0.4, -0.2) is 25.6 Å². The molecular formula is C14H29N3. The molecule has 1 unspecified atom stereocenters. The third-order valence-electron chi connectivity index (χ3n) is 3.33. The van der Waals surface area contributed by atoms with Gasteiger partial charge in [0.25, 0.3) is 0 Å². The number of nitrogens with one attached hydrogen (secondary N) is 2. The number of aliphatic imine (C=N–C) groups is 1. The van der Waals surface area contributed by atoms with Gasteiger partial charge in [0.1, 0.15) is 0 Å². The highest BCUT2D eigenvalue weighted by atomic mass is 15.2. The summed E-state index contributed by atoms with van der Waals surface area (Å²) < 4.78 is 0. The molecule has 0 aromatic rings. The summed E-state index contributed by atoms with van der Waals surface area (Å²) in [6.45, 7) is 7.84. The van der Waals surface area contributed by atoms with Gasteiger partial charge in [0.2, 0.25) is 0 Å². The number of rotatable bonds is 7. The number of hydrogen-bond donors (Lipinski definition) is 2. The van der Waals surface area contributed by atoms with Crippen molar-refractivity contribution >= 4 is 5.96 Å². The summed E-state index contributed by atoms with van der Waals surface area (Å²) in [6, 6.07) is 0.504. The van der Waals surface area contributed by atoms with Crippen LogP contribution >= 0.6 is 0 Å². The predicted molar refractivity (Wildman–Crippen MR) is 75.4 cm³/mol. The Morgan fingerprint density at radius 3 is 2.47 bits per heavy atom. The van der Waals surface area contributed by atoms with Crippen molar-refractivity contribution in [3.8, 4) is 0 Å². The van der Waals surface area contributed by atoms with Crippen molar-refractivity contribution in [2.75, 3.05) is 13.6 Å². The Morgan fingerprint density at radius 2 is 1.94 bits per heavy atom. The number of nitrogens with zero attached hydrogens (tertiary/aromatic N) is 1. The van der Waals surface area contributed by atoms with Gasteiger partial charge in [-0.3, -0.25) is 4.99 Å². The molecule has 1 fully saturated rings. The van der Waals surface area contributed by atoms with Crippen LogP contribution in [0.4, 0.5) is 0 Å². The summed E-state index contributed by atoms with van der Waals surface area (Å²) in [5.41, 5.74) is 0. The predicted octanol–water partition coefficient (Wildman–Crippen LogP) is 2.78. The van der Waals surface area contributed by atoms with E-state index in [0.717, 1.165) is 24.3 Å². The minimum absolute atomic E-state index is 0.504. The van der Waals surface area contributed by atoms with Crippen LogP contribution in [0, 0.1) is 11.8 Å². The van der Waals surface area contributed by atoms with E-state index in [1.165, 1.54) is 32.1 Å². The van der Waals surface area contributed by atoms with Gasteiger partial charge in [0.15, 0.2) is 5.96 Å². The molecule has 0 bridgehead atoms. The fraction of sp³-hybridized carbons (Fsp3) is 0.929. The summed E-state index contributed by atoms with van der Waals surface area (Å²) in [7, 11) is 1.85. The first-order valence-corrected chi connectivity index (χ1v) is 7.09. The van der Waals surface area contributed by atoms with E-state index in [4.69, 9.17) is 0 Å². The van der Waals surface area contributed by atoms with Crippen molar-refractivity contribution in [1.29, 1.82) is 0 Å². The summed E-state index contributed by atoms with van der Waals surface area (Å²) in [5, 5.41) is 6.85. The molecule has 1 saturated carbocycles. The Balaban J connectivity index is 2.11. The Hall–Kier alpha value is -0.730. The fourth-order valence-corrected chi connectivity index (χ4v) is 1.88. The minimum Gasteiger partial charge on any atom is -0.356 e. The lowest BCUT2D eigenvalue weighted by Crippen LogP contribution is -2.42. The largest absolute Gasteiger partial charge is 0.356 e. The second-order valence-electron chi connectivity index (χ2n) is 5.75. The van der Waals surface area contributed by atoms with E-state index in [1.54, 1.807) is 0 Å². The maximum absolute atomic E-state index is 4.27. The number of guanidine groups is 1. The van der Waals surface area contributed by atoms with Crippen LogP contribution in [0.1, 0.15) is 52.9 Å². The second-order valence-corrected chi connectivity index (χ2v) is 5.75. The molecule has 100 valence electrons. The van der Waals surface area contributed by atoms with Gasteiger partial charge in [-0.05, 0) is 38.0 Å². The van der Waals surface area contributed by atoms with E-state index in [9.17, 15) is 0 Å². The smallest absolute Gasteiger partial charge is 0.191 e. The molecule has 1 aliphatic carbocycles. The Kier molecular flexibility index (Phi) is 6.38. The maximum atomic E-state index is 4.27. The Morgan fingerprint density at radius 1 is 1.24 bits per heavy atom. The van der Waals surface area contributed by atoms with Gasteiger partial charge in [-0.1, -0.05) is 26.7 Å². The van der Waals surface area contributed by atoms with Gasteiger partial charge in [-0.25, -0.2) is 0 Å². The molecule has 0 amide bonds. The van der Waals surface area contributed by atoms with E-state index in [0.29, 0.717) is 6.04 Å². The molecule has 3 nitrogen and oxygen atoms in total. The Labute approximate surface area is 106 Å². The van der Waals surface area contributed by atoms with Crippen LogP contribution < -0.4 is 10.6 Å². The zero-order valence-corrected chi connectivity index (χ0v) is 11.9. The number of hydrogen-bond acceptors (Lipinski definition) is 1. The molecule has 0 aromatic carbocycles. The van der Waals surface area contributed by atoms with E-state index in [2.05, 4.69) is 36.4 Å². The lowest BCUT2D eigenvalue weighted by molar-refractivity contribution is 0.488. The van der Waals surface area contributed by atoms with Gasteiger partial charge in [-0.15, -0.1) is 0 Å². The lowest BCUT2D eigenvalue weighted by atomic mass is 10.0. The van der Waals surface area contributed by atoms with Crippen LogP contribution in [-0.2, 0) is 0 Å². The molecule has 3 heteroatoms. The van der Waals surface area contributed by atoms with E-state index in [-0.39, 0.29) is 0 Å². The van der Waals surface area contributed by atoms with Crippen molar-refractivity contribution in [2.24, 2.45) is 16.8 Å². The van der Waals surface area contributed by atoms with Crippen LogP contribution in [0.3, 0.4) is 0 Å². The molecular weight excluding hydrogens is 210 g/mol. The maximum Gasteiger partial charge on any atom is 0.191 e. The van der Waals surface area contributed by atoms with E-state index in [1.807, 2.05) is 7.05 Å². The summed E-state index contributed by atoms with van der Waals surface area (Å²) in [4.78, 5) is 4.27. The molecule has 0 aliphatic heterocycles. The van der Waals surface area contributed by atoms with Crippen LogP contribution in [0.25, 0.3) is 0 Å². The SMILES string of the molecule is CN=C(NCCC1CC1)NC(C)CCC(C)C. The highest BCUT2D eigenvalue weighted by molar-refractivity contribution is 5.79. The standard InChI is InChI=1S/C14H29N3/c1-11(2)5-6-12(3)17-14(15-4)16-10-9-13-7-8-13/h11-13H,5-10H2,1-4H3,(H2,15,16,17). The highest BCUT2D eigenvalue weighted by Gasteiger charge is 2.20. The molecule has 0 aromatic heterocycles. The second kappa shape index (κ2) is 7.57. The fourth-order valence-electron chi connectivity index (χ4n) is 1.88. The molecule has 17 heavy (non-hydrogen) atoms. The van der Waals surface area contributed by atoms with Crippen molar-refractivity contribution in [3.63, 3.8) is 0 Å². The van der Waals surface area contributed by atoms with Crippen molar-refractivity contribution in [2.45, 2.75) is 58.9 Å². The summed E-state index contributed by atoms with van der Waals surface area (Å²) >= 11 is 0. The quantitative estimate of drug-likeness (QED) is 0.529. The molecule has 0 heterocycles. The zero-order valence-electron chi connectivity index (χ0n) is 11.9. The first-order chi connectivity index (χ1) is 8.11. The first kappa shape index (κ1) is 14.3. The monoisotopic (exact) mass is 239 g/mol. The molecule has 0 radical (unpaired) electrons. The van der Waals surface area contributed by atoms with Gasteiger partial charge in [0.05, 0.1) is 0 Å². The molecule has 1 atom stereocenters. The van der Waals surface area contributed by atoms with Crippen molar-refractivity contribution in [3.05, 3.63) is 0 Å². The highest BCUT2D eigenvalue weighted by Crippen LogP contribution is 2.31. The molecule has 0 saturated heterocycles. The van der Waals surface area contributed by atoms with Crippen molar-refractivity contribution in [1.82, 2.24) is 10.6 Å². The normalized spacial score (nSPS) is 18.3. The van der Waals surface area contributed by atoms with Crippen molar-refractivity contribution < 1.29 is 0 Å². The first-order valence-electron chi connectivity index (χ1n) is 7.09. The molecule has 1 aliphatic rings. The van der Waals surface area contributed by atoms with E-state index >= 15 is 0 Å². The van der Waals surface area contributed by atoms with Gasteiger partial charge in [-0.2, -0.15) is 0 Å². The summed E-state index contributed by atoms with van der Waals surface area (Å²) in [6.07, 6.45) is 6.63. The Bertz CT molecular complexity index is 232. The average molecular weight is 239 g/mol. The third-order valence-corrected chi connectivity index (χ3v) is 3.33. The average Bonchev–Trinajstić information content (AvgIpc) is 3.09. The molecule has 1 rings (SSSR count). The summed E-state index contributed by atoms with van der Waals surface area (Å²) in [5.74, 6) is 2.73. The van der Waals surface area contributed by atoms with Gasteiger partial charge >= 0.3 is 0 Å². The minimum atomic E-state index is 0.504. The zero-order chi connectivity index (χ0) is 12.7. The topological polar surface area (TPSA) is 36.4 Å². The lowest BCUT2D eigenvalue weighted by Gasteiger charge is -2.18.